The van der Waals surface area contributed by atoms with Crippen LogP contribution >= 0.6 is 0 Å². The lowest BCUT2D eigenvalue weighted by Crippen LogP contribution is -2.21. The quantitative estimate of drug-likeness (QED) is 0.660. The van der Waals surface area contributed by atoms with Crippen LogP contribution in [0.1, 0.15) is 11.5 Å². The van der Waals surface area contributed by atoms with Crippen LogP contribution in [-0.4, -0.2) is 50.7 Å². The molecule has 116 valence electrons. The third kappa shape index (κ3) is 2.62. The number of ether oxygens (including phenoxy) is 1. The van der Waals surface area contributed by atoms with Gasteiger partial charge in [0.2, 0.25) is 0 Å². The molecule has 0 amide bonds. The van der Waals surface area contributed by atoms with Gasteiger partial charge in [-0.25, -0.2) is 4.98 Å². The highest BCUT2D eigenvalue weighted by Crippen LogP contribution is 2.25. The summed E-state index contributed by atoms with van der Waals surface area (Å²) in [5.41, 5.74) is 1.24. The summed E-state index contributed by atoms with van der Waals surface area (Å²) >= 11 is 0. The molecular weight excluding hydrogens is 286 g/mol. The number of methoxy groups -OCH3 is 1. The first kappa shape index (κ1) is 14.4. The van der Waals surface area contributed by atoms with Crippen molar-refractivity contribution in [2.45, 2.75) is 20.0 Å². The van der Waals surface area contributed by atoms with Gasteiger partial charge in [0.15, 0.2) is 5.82 Å². The molecule has 0 unspecified atom stereocenters. The maximum atomic E-state index is 5.17. The lowest BCUT2D eigenvalue weighted by Gasteiger charge is -2.18. The van der Waals surface area contributed by atoms with Crippen molar-refractivity contribution in [3.8, 4) is 0 Å². The molecule has 3 rings (SSSR count). The second-order valence-electron chi connectivity index (χ2n) is 4.93. The number of fused-ring (bicyclic) bond motifs is 1. The molecule has 3 aromatic heterocycles. The molecule has 0 bridgehead atoms. The summed E-state index contributed by atoms with van der Waals surface area (Å²) < 4.78 is 12.2. The largest absolute Gasteiger partial charge is 0.383 e. The van der Waals surface area contributed by atoms with E-state index < -0.39 is 0 Å². The van der Waals surface area contributed by atoms with Gasteiger partial charge in [0.25, 0.3) is 5.71 Å². The molecule has 3 aromatic rings. The van der Waals surface area contributed by atoms with Gasteiger partial charge in [0, 0.05) is 20.7 Å². The zero-order valence-corrected chi connectivity index (χ0v) is 12.7. The van der Waals surface area contributed by atoms with Gasteiger partial charge in [-0.15, -0.1) is 10.2 Å². The summed E-state index contributed by atoms with van der Waals surface area (Å²) in [6, 6.07) is 0. The molecule has 0 atom stereocenters. The third-order valence-corrected chi connectivity index (χ3v) is 3.40. The minimum Gasteiger partial charge on any atom is -0.383 e. The maximum absolute atomic E-state index is 5.17. The summed E-state index contributed by atoms with van der Waals surface area (Å²) in [6.07, 6.45) is 3.16. The smallest absolute Gasteiger partial charge is 0.263 e. The first-order valence-electron chi connectivity index (χ1n) is 6.84. The van der Waals surface area contributed by atoms with Crippen LogP contribution < -0.4 is 4.90 Å². The van der Waals surface area contributed by atoms with Crippen molar-refractivity contribution in [3.05, 3.63) is 24.2 Å². The van der Waals surface area contributed by atoms with Gasteiger partial charge < -0.3 is 18.7 Å². The Balaban J connectivity index is 1.86. The lowest BCUT2D eigenvalue weighted by molar-refractivity contribution is 0.186. The molecule has 0 saturated heterocycles. The Morgan fingerprint density at radius 3 is 3.05 bits per heavy atom. The topological polar surface area (TPSA) is 95.0 Å². The van der Waals surface area contributed by atoms with E-state index in [-0.39, 0.29) is 0 Å². The van der Waals surface area contributed by atoms with Gasteiger partial charge >= 0.3 is 0 Å². The van der Waals surface area contributed by atoms with Crippen LogP contribution in [-0.2, 0) is 17.8 Å². The fraction of sp³-hybridized carbons (Fsp3) is 0.462. The molecule has 22 heavy (non-hydrogen) atoms. The number of anilines is 1. The molecule has 0 aliphatic carbocycles. The van der Waals surface area contributed by atoms with Crippen molar-refractivity contribution in [2.24, 2.45) is 0 Å². The van der Waals surface area contributed by atoms with Crippen molar-refractivity contribution in [2.75, 3.05) is 25.7 Å². The van der Waals surface area contributed by atoms with Gasteiger partial charge in [0.1, 0.15) is 23.9 Å². The van der Waals surface area contributed by atoms with E-state index in [2.05, 4.69) is 25.3 Å². The third-order valence-electron chi connectivity index (χ3n) is 3.40. The molecule has 0 saturated carbocycles. The highest BCUT2D eigenvalue weighted by atomic mass is 16.5. The van der Waals surface area contributed by atoms with Gasteiger partial charge in [-0.3, -0.25) is 0 Å². The van der Waals surface area contributed by atoms with Crippen LogP contribution in [0.5, 0.6) is 0 Å². The molecule has 0 aliphatic heterocycles. The van der Waals surface area contributed by atoms with Crippen LogP contribution in [0.25, 0.3) is 11.1 Å². The standard InChI is InChI=1S/C13H17N7O2/c1-9-11-12(14-7-15-13(11)22-18-9)19(2)6-10-17-16-8-20(10)4-5-21-3/h7-8H,4-6H2,1-3H3. The average Bonchev–Trinajstić information content (AvgIpc) is 3.12. The second-order valence-corrected chi connectivity index (χ2v) is 4.93. The second kappa shape index (κ2) is 6.06. The molecule has 0 spiro atoms. The van der Waals surface area contributed by atoms with E-state index in [1.807, 2.05) is 23.4 Å². The maximum Gasteiger partial charge on any atom is 0.263 e. The van der Waals surface area contributed by atoms with Crippen molar-refractivity contribution in [1.29, 1.82) is 0 Å². The predicted octanol–water partition coefficient (Wildman–Crippen LogP) is 0.801. The zero-order valence-electron chi connectivity index (χ0n) is 12.7. The van der Waals surface area contributed by atoms with Gasteiger partial charge in [-0.1, -0.05) is 5.16 Å². The van der Waals surface area contributed by atoms with Crippen LogP contribution in [0.4, 0.5) is 5.82 Å². The van der Waals surface area contributed by atoms with E-state index in [1.54, 1.807) is 13.4 Å². The molecule has 0 radical (unpaired) electrons. The fourth-order valence-electron chi connectivity index (χ4n) is 2.26. The number of aryl methyl sites for hydroxylation is 1. The average molecular weight is 303 g/mol. The Kier molecular flexibility index (Phi) is 3.96. The Bertz CT molecular complexity index is 767. The Morgan fingerprint density at radius 2 is 2.23 bits per heavy atom. The van der Waals surface area contributed by atoms with E-state index in [9.17, 15) is 0 Å². The van der Waals surface area contributed by atoms with Gasteiger partial charge in [-0.2, -0.15) is 4.98 Å². The zero-order chi connectivity index (χ0) is 15.5. The number of nitrogens with zero attached hydrogens (tertiary/aromatic N) is 7. The van der Waals surface area contributed by atoms with Crippen LogP contribution in [0.15, 0.2) is 17.2 Å². The summed E-state index contributed by atoms with van der Waals surface area (Å²) in [5, 5.41) is 12.9. The predicted molar refractivity (Wildman–Crippen MR) is 78.3 cm³/mol. The molecule has 0 aromatic carbocycles. The minimum atomic E-state index is 0.482. The minimum absolute atomic E-state index is 0.482. The molecule has 9 heteroatoms. The first-order valence-corrected chi connectivity index (χ1v) is 6.84. The number of rotatable bonds is 6. The number of aromatic nitrogens is 6. The van der Waals surface area contributed by atoms with Crippen LogP contribution in [0.3, 0.4) is 0 Å². The van der Waals surface area contributed by atoms with Crippen molar-refractivity contribution in [1.82, 2.24) is 29.9 Å². The SMILES string of the molecule is COCCn1cnnc1CN(C)c1ncnc2onc(C)c12. The monoisotopic (exact) mass is 303 g/mol. The van der Waals surface area contributed by atoms with E-state index in [4.69, 9.17) is 9.26 Å². The lowest BCUT2D eigenvalue weighted by atomic mass is 10.3. The van der Waals surface area contributed by atoms with Gasteiger partial charge in [0.05, 0.1) is 18.8 Å². The van der Waals surface area contributed by atoms with Crippen molar-refractivity contribution < 1.29 is 9.26 Å². The summed E-state index contributed by atoms with van der Waals surface area (Å²) in [5.74, 6) is 1.59. The van der Waals surface area contributed by atoms with E-state index >= 15 is 0 Å². The van der Waals surface area contributed by atoms with E-state index in [1.165, 1.54) is 6.33 Å². The Labute approximate surface area is 126 Å². The van der Waals surface area contributed by atoms with Crippen LogP contribution in [0.2, 0.25) is 0 Å². The fourth-order valence-corrected chi connectivity index (χ4v) is 2.26. The molecular formula is C13H17N7O2. The summed E-state index contributed by atoms with van der Waals surface area (Å²) in [4.78, 5) is 10.4. The molecule has 3 heterocycles. The number of hydrogen-bond acceptors (Lipinski definition) is 8. The molecule has 0 fully saturated rings. The highest BCUT2D eigenvalue weighted by molar-refractivity contribution is 5.87. The van der Waals surface area contributed by atoms with Crippen molar-refractivity contribution >= 4 is 16.9 Å². The molecule has 0 N–H and O–H groups in total. The molecule has 0 aliphatic rings. The number of hydrogen-bond donors (Lipinski definition) is 0. The van der Waals surface area contributed by atoms with Crippen molar-refractivity contribution in [3.63, 3.8) is 0 Å². The Hall–Kier alpha value is -2.55. The van der Waals surface area contributed by atoms with Crippen LogP contribution in [0, 0.1) is 6.92 Å². The summed E-state index contributed by atoms with van der Waals surface area (Å²) in [7, 11) is 3.60. The van der Waals surface area contributed by atoms with Gasteiger partial charge in [-0.05, 0) is 6.92 Å². The normalized spacial score (nSPS) is 11.2. The van der Waals surface area contributed by atoms with E-state index in [0.717, 1.165) is 22.7 Å². The molecule has 9 nitrogen and oxygen atoms in total. The summed E-state index contributed by atoms with van der Waals surface area (Å²) in [6.45, 7) is 3.74. The first-order chi connectivity index (χ1) is 10.7. The highest BCUT2D eigenvalue weighted by Gasteiger charge is 2.17. The Morgan fingerprint density at radius 1 is 1.36 bits per heavy atom. The van der Waals surface area contributed by atoms with E-state index in [0.29, 0.717) is 25.4 Å².